The zero-order valence-corrected chi connectivity index (χ0v) is 20.8. The van der Waals surface area contributed by atoms with Crippen LogP contribution in [-0.4, -0.2) is 61.8 Å². The lowest BCUT2D eigenvalue weighted by atomic mass is 10.1. The highest BCUT2D eigenvalue weighted by molar-refractivity contribution is 5.93. The maximum Gasteiger partial charge on any atom is 0.254 e. The monoisotopic (exact) mass is 521 g/mol. The normalized spacial score (nSPS) is 13.3. The Morgan fingerprint density at radius 3 is 2.08 bits per heavy atom. The van der Waals surface area contributed by atoms with Crippen LogP contribution in [-0.2, 0) is 23.9 Å². The molecule has 1 unspecified atom stereocenters. The van der Waals surface area contributed by atoms with Gasteiger partial charge in [0.15, 0.2) is 6.10 Å². The molecular weight excluding hydrogens is 488 g/mol. The van der Waals surface area contributed by atoms with E-state index in [0.717, 1.165) is 18.6 Å². The fourth-order valence-corrected chi connectivity index (χ4v) is 3.27. The van der Waals surface area contributed by atoms with E-state index in [9.17, 15) is 28.3 Å². The van der Waals surface area contributed by atoms with Crippen LogP contribution in [0.25, 0.3) is 0 Å². The molecule has 0 aliphatic rings. The van der Waals surface area contributed by atoms with Crippen LogP contribution in [0.4, 0.5) is 8.78 Å². The first-order chi connectivity index (χ1) is 17.7. The van der Waals surface area contributed by atoms with Crippen LogP contribution in [0, 0.1) is 11.6 Å². The number of carbonyl (C=O) groups excluding carboxylic acids is 3. The molecular formula is C26H33F2N3O6. The molecule has 3 atom stereocenters. The molecule has 2 rings (SSSR count). The molecule has 0 heterocycles. The number of rotatable bonds is 15. The van der Waals surface area contributed by atoms with Crippen LogP contribution in [0.5, 0.6) is 0 Å². The Kier molecular flexibility index (Phi) is 12.6. The summed E-state index contributed by atoms with van der Waals surface area (Å²) in [5, 5.41) is 17.7. The van der Waals surface area contributed by atoms with Crippen LogP contribution in [0.2, 0.25) is 0 Å². The number of hydrogen-bond acceptors (Lipinski definition) is 6. The van der Waals surface area contributed by atoms with Crippen molar-refractivity contribution in [1.82, 2.24) is 16.0 Å². The fourth-order valence-electron chi connectivity index (χ4n) is 3.27. The molecule has 202 valence electrons. The first-order valence-electron chi connectivity index (χ1n) is 12.0. The molecule has 0 saturated heterocycles. The molecule has 37 heavy (non-hydrogen) atoms. The number of aliphatic hydroxyl groups is 1. The van der Waals surface area contributed by atoms with Crippen molar-refractivity contribution >= 4 is 17.7 Å². The van der Waals surface area contributed by atoms with E-state index < -0.39 is 47.5 Å². The van der Waals surface area contributed by atoms with E-state index in [4.69, 9.17) is 9.47 Å². The predicted molar refractivity (Wildman–Crippen MR) is 131 cm³/mol. The predicted octanol–water partition coefficient (Wildman–Crippen LogP) is 1.92. The Morgan fingerprint density at radius 1 is 0.838 bits per heavy atom. The largest absolute Gasteiger partial charge is 0.379 e. The highest BCUT2D eigenvalue weighted by Gasteiger charge is 2.27. The number of amides is 3. The van der Waals surface area contributed by atoms with Crippen molar-refractivity contribution < 1.29 is 37.7 Å². The van der Waals surface area contributed by atoms with Crippen LogP contribution >= 0.6 is 0 Å². The first-order valence-corrected chi connectivity index (χ1v) is 12.0. The average molecular weight is 522 g/mol. The van der Waals surface area contributed by atoms with Crippen molar-refractivity contribution in [2.75, 3.05) is 33.0 Å². The molecule has 0 saturated carbocycles. The van der Waals surface area contributed by atoms with Crippen molar-refractivity contribution in [1.29, 1.82) is 0 Å². The van der Waals surface area contributed by atoms with Crippen LogP contribution in [0.3, 0.4) is 0 Å². The zero-order chi connectivity index (χ0) is 27.2. The van der Waals surface area contributed by atoms with Gasteiger partial charge in [-0.3, -0.25) is 14.4 Å². The van der Waals surface area contributed by atoms with Gasteiger partial charge in [-0.1, -0.05) is 37.3 Å². The lowest BCUT2D eigenvalue weighted by Crippen LogP contribution is -2.50. The lowest BCUT2D eigenvalue weighted by molar-refractivity contribution is -0.135. The summed E-state index contributed by atoms with van der Waals surface area (Å²) in [7, 11) is 0. The number of aliphatic hydroxyl groups excluding tert-OH is 1. The van der Waals surface area contributed by atoms with E-state index in [1.807, 2.05) is 6.92 Å². The van der Waals surface area contributed by atoms with E-state index in [1.54, 1.807) is 30.3 Å². The minimum atomic E-state index is -1.90. The Morgan fingerprint density at radius 2 is 1.46 bits per heavy atom. The molecule has 0 radical (unpaired) electrons. The van der Waals surface area contributed by atoms with E-state index in [2.05, 4.69) is 16.0 Å². The van der Waals surface area contributed by atoms with Gasteiger partial charge in [0.2, 0.25) is 11.8 Å². The molecule has 0 aliphatic carbocycles. The number of halogens is 2. The smallest absolute Gasteiger partial charge is 0.254 e. The third-order valence-corrected chi connectivity index (χ3v) is 5.15. The maximum atomic E-state index is 13.4. The van der Waals surface area contributed by atoms with Gasteiger partial charge in [0.25, 0.3) is 5.91 Å². The second-order valence-corrected chi connectivity index (χ2v) is 8.20. The zero-order valence-electron chi connectivity index (χ0n) is 20.8. The Balaban J connectivity index is 1.94. The molecule has 11 heteroatoms. The van der Waals surface area contributed by atoms with E-state index in [1.165, 1.54) is 6.92 Å². The molecule has 9 nitrogen and oxygen atoms in total. The average Bonchev–Trinajstić information content (AvgIpc) is 2.87. The van der Waals surface area contributed by atoms with Gasteiger partial charge in [-0.2, -0.15) is 0 Å². The quantitative estimate of drug-likeness (QED) is 0.266. The highest BCUT2D eigenvalue weighted by Crippen LogP contribution is 2.17. The summed E-state index contributed by atoms with van der Waals surface area (Å²) in [4.78, 5) is 38.0. The number of nitrogens with one attached hydrogen (secondary N) is 3. The van der Waals surface area contributed by atoms with Gasteiger partial charge in [-0.25, -0.2) is 8.78 Å². The maximum absolute atomic E-state index is 13.4. The number of hydrogen-bond donors (Lipinski definition) is 4. The second kappa shape index (κ2) is 15.6. The summed E-state index contributed by atoms with van der Waals surface area (Å²) in [5.41, 5.74) is 0.208. The van der Waals surface area contributed by atoms with Gasteiger partial charge < -0.3 is 30.5 Å². The summed E-state index contributed by atoms with van der Waals surface area (Å²) >= 11 is 0. The highest BCUT2D eigenvalue weighted by atomic mass is 19.1. The molecule has 0 aromatic heterocycles. The van der Waals surface area contributed by atoms with Crippen molar-refractivity contribution in [3.63, 3.8) is 0 Å². The third-order valence-electron chi connectivity index (χ3n) is 5.15. The molecule has 2 aromatic carbocycles. The second-order valence-electron chi connectivity index (χ2n) is 8.20. The van der Waals surface area contributed by atoms with Gasteiger partial charge >= 0.3 is 0 Å². The van der Waals surface area contributed by atoms with Gasteiger partial charge in [0.05, 0.1) is 19.8 Å². The van der Waals surface area contributed by atoms with E-state index in [-0.39, 0.29) is 18.7 Å². The minimum absolute atomic E-state index is 0.203. The fraction of sp³-hybridized carbons (Fsp3) is 0.423. The Hall–Kier alpha value is -3.41. The molecule has 3 amide bonds. The third kappa shape index (κ3) is 10.2. The van der Waals surface area contributed by atoms with Crippen molar-refractivity contribution in [3.05, 3.63) is 71.3 Å². The summed E-state index contributed by atoms with van der Waals surface area (Å²) < 4.78 is 37.6. The van der Waals surface area contributed by atoms with Crippen molar-refractivity contribution in [3.8, 4) is 0 Å². The van der Waals surface area contributed by atoms with Crippen molar-refractivity contribution in [2.45, 2.75) is 38.5 Å². The van der Waals surface area contributed by atoms with Crippen LogP contribution in [0.1, 0.15) is 43.5 Å². The van der Waals surface area contributed by atoms with Gasteiger partial charge in [-0.05, 0) is 36.6 Å². The molecule has 4 N–H and O–H groups in total. The van der Waals surface area contributed by atoms with Crippen molar-refractivity contribution in [2.24, 2.45) is 0 Å². The van der Waals surface area contributed by atoms with Gasteiger partial charge in [0.1, 0.15) is 23.7 Å². The summed E-state index contributed by atoms with van der Waals surface area (Å²) in [5.74, 6) is -4.15. The SMILES string of the molecule is CCCOCCOCCNC(=O)[C@@H](NC(=O)[C@H](C)NC(=O)C(O)c1cc(F)cc(F)c1)c1ccccc1. The Bertz CT molecular complexity index is 1000. The number of benzene rings is 2. The molecule has 0 aliphatic heterocycles. The van der Waals surface area contributed by atoms with E-state index >= 15 is 0 Å². The van der Waals surface area contributed by atoms with E-state index in [0.29, 0.717) is 31.5 Å². The first kappa shape index (κ1) is 29.8. The molecule has 0 spiro atoms. The summed E-state index contributed by atoms with van der Waals surface area (Å²) in [6.07, 6.45) is -0.987. The lowest BCUT2D eigenvalue weighted by Gasteiger charge is -2.22. The minimum Gasteiger partial charge on any atom is -0.379 e. The summed E-state index contributed by atoms with van der Waals surface area (Å²) in [6.45, 7) is 5.30. The molecule has 0 bridgehead atoms. The molecule has 2 aromatic rings. The number of ether oxygens (including phenoxy) is 2. The van der Waals surface area contributed by atoms with Crippen LogP contribution < -0.4 is 16.0 Å². The Labute approximate surface area is 214 Å². The number of carbonyl (C=O) groups is 3. The van der Waals surface area contributed by atoms with Crippen LogP contribution in [0.15, 0.2) is 48.5 Å². The standard InChI is InChI=1S/C26H33F2N3O6/c1-3-10-36-12-13-37-11-9-29-25(34)22(18-7-5-4-6-8-18)31-24(33)17(2)30-26(35)23(32)19-14-20(27)16-21(28)15-19/h4-8,14-17,22-23,32H,3,9-13H2,1-2H3,(H,29,34)(H,30,35)(H,31,33)/t17-,22-,23?/m0/s1. The summed E-state index contributed by atoms with van der Waals surface area (Å²) in [6, 6.07) is 8.50. The van der Waals surface area contributed by atoms with Gasteiger partial charge in [0, 0.05) is 19.2 Å². The molecule has 0 fully saturated rings. The van der Waals surface area contributed by atoms with Gasteiger partial charge in [-0.15, -0.1) is 0 Å². The topological polar surface area (TPSA) is 126 Å².